The second-order valence-electron chi connectivity index (χ2n) is 3.96. The van der Waals surface area contributed by atoms with Crippen LogP contribution in [0, 0.1) is 6.92 Å². The van der Waals surface area contributed by atoms with Gasteiger partial charge >= 0.3 is 0 Å². The second-order valence-corrected chi connectivity index (χ2v) is 3.96. The third kappa shape index (κ3) is 2.21. The van der Waals surface area contributed by atoms with Crippen molar-refractivity contribution in [3.05, 3.63) is 28.2 Å². The van der Waals surface area contributed by atoms with Gasteiger partial charge in [0.15, 0.2) is 0 Å². The molecule has 15 heavy (non-hydrogen) atoms. The van der Waals surface area contributed by atoms with E-state index in [9.17, 15) is 4.79 Å². The number of aromatic nitrogens is 1. The van der Waals surface area contributed by atoms with E-state index in [-0.39, 0.29) is 11.7 Å². The van der Waals surface area contributed by atoms with Crippen molar-refractivity contribution in [2.75, 3.05) is 13.1 Å². The molecule has 1 N–H and O–H groups in total. The van der Waals surface area contributed by atoms with Gasteiger partial charge in [-0.3, -0.25) is 4.79 Å². The van der Waals surface area contributed by atoms with Crippen LogP contribution in [0.25, 0.3) is 0 Å². The minimum Gasteiger partial charge on any atom is -0.489 e. The van der Waals surface area contributed by atoms with Gasteiger partial charge in [-0.25, -0.2) is 0 Å². The molecule has 1 aromatic rings. The maximum atomic E-state index is 11.5. The summed E-state index contributed by atoms with van der Waals surface area (Å²) in [7, 11) is 1.76. The molecule has 1 saturated heterocycles. The molecule has 0 spiro atoms. The number of rotatable bonds is 2. The van der Waals surface area contributed by atoms with Crippen molar-refractivity contribution >= 4 is 0 Å². The zero-order valence-electron chi connectivity index (χ0n) is 9.12. The van der Waals surface area contributed by atoms with Crippen LogP contribution in [0.1, 0.15) is 12.1 Å². The van der Waals surface area contributed by atoms with E-state index in [1.165, 1.54) is 0 Å². The molecule has 1 aromatic heterocycles. The molecular formula is C11H16N2O2. The SMILES string of the molecule is Cc1cc(O[C@@H]2CCNC2)cc(=O)n1C. The summed E-state index contributed by atoms with van der Waals surface area (Å²) in [6, 6.07) is 3.45. The Bertz CT molecular complexity index is 406. The first kappa shape index (κ1) is 10.2. The summed E-state index contributed by atoms with van der Waals surface area (Å²) < 4.78 is 7.33. The molecule has 1 aliphatic heterocycles. The van der Waals surface area contributed by atoms with E-state index >= 15 is 0 Å². The molecule has 1 atom stereocenters. The van der Waals surface area contributed by atoms with Gasteiger partial charge in [0.05, 0.1) is 0 Å². The quantitative estimate of drug-likeness (QED) is 0.766. The number of nitrogens with zero attached hydrogens (tertiary/aromatic N) is 1. The van der Waals surface area contributed by atoms with Crippen molar-refractivity contribution in [2.45, 2.75) is 19.4 Å². The summed E-state index contributed by atoms with van der Waals surface area (Å²) in [5.74, 6) is 0.685. The molecule has 0 unspecified atom stereocenters. The highest BCUT2D eigenvalue weighted by Crippen LogP contribution is 2.14. The fourth-order valence-corrected chi connectivity index (χ4v) is 1.73. The lowest BCUT2D eigenvalue weighted by Crippen LogP contribution is -2.22. The summed E-state index contributed by atoms with van der Waals surface area (Å²) >= 11 is 0. The van der Waals surface area contributed by atoms with Gasteiger partial charge in [-0.15, -0.1) is 0 Å². The van der Waals surface area contributed by atoms with Crippen LogP contribution in [-0.2, 0) is 7.05 Å². The Morgan fingerprint density at radius 1 is 1.53 bits per heavy atom. The molecule has 82 valence electrons. The molecule has 0 aliphatic carbocycles. The van der Waals surface area contributed by atoms with Gasteiger partial charge in [-0.2, -0.15) is 0 Å². The Balaban J connectivity index is 2.18. The molecule has 1 fully saturated rings. The van der Waals surface area contributed by atoms with Crippen molar-refractivity contribution in [3.8, 4) is 5.75 Å². The van der Waals surface area contributed by atoms with Gasteiger partial charge < -0.3 is 14.6 Å². The van der Waals surface area contributed by atoms with Crippen LogP contribution in [-0.4, -0.2) is 23.8 Å². The Hall–Kier alpha value is -1.29. The molecule has 4 heteroatoms. The highest BCUT2D eigenvalue weighted by Gasteiger charge is 2.16. The molecular weight excluding hydrogens is 192 g/mol. The molecule has 0 bridgehead atoms. The number of aryl methyl sites for hydroxylation is 1. The zero-order chi connectivity index (χ0) is 10.8. The average Bonchev–Trinajstić information content (AvgIpc) is 2.66. The molecule has 0 radical (unpaired) electrons. The number of nitrogens with one attached hydrogen (secondary N) is 1. The van der Waals surface area contributed by atoms with Crippen molar-refractivity contribution in [1.82, 2.24) is 9.88 Å². The molecule has 4 nitrogen and oxygen atoms in total. The Labute approximate surface area is 88.9 Å². The topological polar surface area (TPSA) is 43.3 Å². The standard InChI is InChI=1S/C11H16N2O2/c1-8-5-10(6-11(14)13(8)2)15-9-3-4-12-7-9/h5-6,9,12H,3-4,7H2,1-2H3/t9-/m1/s1. The number of hydrogen-bond acceptors (Lipinski definition) is 3. The van der Waals surface area contributed by atoms with Gasteiger partial charge in [0.2, 0.25) is 0 Å². The van der Waals surface area contributed by atoms with Crippen LogP contribution in [0.15, 0.2) is 16.9 Å². The monoisotopic (exact) mass is 208 g/mol. The average molecular weight is 208 g/mol. The third-order valence-electron chi connectivity index (χ3n) is 2.79. The fourth-order valence-electron chi connectivity index (χ4n) is 1.73. The minimum absolute atomic E-state index is 0.0176. The van der Waals surface area contributed by atoms with Crippen LogP contribution in [0.4, 0.5) is 0 Å². The van der Waals surface area contributed by atoms with Crippen molar-refractivity contribution < 1.29 is 4.74 Å². The predicted molar refractivity (Wildman–Crippen MR) is 58.3 cm³/mol. The Kier molecular flexibility index (Phi) is 2.77. The van der Waals surface area contributed by atoms with Crippen LogP contribution < -0.4 is 15.6 Å². The molecule has 2 rings (SSSR count). The Morgan fingerprint density at radius 2 is 2.33 bits per heavy atom. The van der Waals surface area contributed by atoms with E-state index in [1.54, 1.807) is 17.7 Å². The first-order chi connectivity index (χ1) is 7.16. The third-order valence-corrected chi connectivity index (χ3v) is 2.79. The zero-order valence-corrected chi connectivity index (χ0v) is 9.12. The predicted octanol–water partition coefficient (Wildman–Crippen LogP) is 0.434. The van der Waals surface area contributed by atoms with Crippen LogP contribution in [0.2, 0.25) is 0 Å². The molecule has 2 heterocycles. The van der Waals surface area contributed by atoms with Gasteiger partial charge in [0.1, 0.15) is 11.9 Å². The Morgan fingerprint density at radius 3 is 2.93 bits per heavy atom. The number of pyridine rings is 1. The minimum atomic E-state index is -0.0176. The largest absolute Gasteiger partial charge is 0.489 e. The molecule has 1 aliphatic rings. The first-order valence-corrected chi connectivity index (χ1v) is 5.22. The van der Waals surface area contributed by atoms with E-state index in [0.29, 0.717) is 5.75 Å². The smallest absolute Gasteiger partial charge is 0.254 e. The van der Waals surface area contributed by atoms with E-state index in [4.69, 9.17) is 4.74 Å². The van der Waals surface area contributed by atoms with Crippen molar-refractivity contribution in [3.63, 3.8) is 0 Å². The highest BCUT2D eigenvalue weighted by molar-refractivity contribution is 5.23. The summed E-state index contributed by atoms with van der Waals surface area (Å²) in [6.07, 6.45) is 1.21. The maximum Gasteiger partial charge on any atom is 0.254 e. The van der Waals surface area contributed by atoms with E-state index < -0.39 is 0 Å². The lowest BCUT2D eigenvalue weighted by Gasteiger charge is -2.13. The van der Waals surface area contributed by atoms with Gasteiger partial charge in [0.25, 0.3) is 5.56 Å². The second kappa shape index (κ2) is 4.06. The normalized spacial score (nSPS) is 20.5. The van der Waals surface area contributed by atoms with Crippen LogP contribution in [0.5, 0.6) is 5.75 Å². The van der Waals surface area contributed by atoms with Gasteiger partial charge in [0, 0.05) is 25.4 Å². The molecule has 0 amide bonds. The lowest BCUT2D eigenvalue weighted by molar-refractivity contribution is 0.222. The molecule has 0 saturated carbocycles. The summed E-state index contributed by atoms with van der Waals surface area (Å²) in [5, 5.41) is 3.22. The van der Waals surface area contributed by atoms with E-state index in [1.807, 2.05) is 13.0 Å². The van der Waals surface area contributed by atoms with Crippen LogP contribution >= 0.6 is 0 Å². The fraction of sp³-hybridized carbons (Fsp3) is 0.545. The number of ether oxygens (including phenoxy) is 1. The highest BCUT2D eigenvalue weighted by atomic mass is 16.5. The van der Waals surface area contributed by atoms with Gasteiger partial charge in [-0.1, -0.05) is 0 Å². The van der Waals surface area contributed by atoms with E-state index in [2.05, 4.69) is 5.32 Å². The van der Waals surface area contributed by atoms with Gasteiger partial charge in [-0.05, 0) is 26.0 Å². The summed E-state index contributed by atoms with van der Waals surface area (Å²) in [5.41, 5.74) is 0.902. The number of hydrogen-bond donors (Lipinski definition) is 1. The molecule has 0 aromatic carbocycles. The van der Waals surface area contributed by atoms with Crippen molar-refractivity contribution in [2.24, 2.45) is 7.05 Å². The van der Waals surface area contributed by atoms with E-state index in [0.717, 1.165) is 25.2 Å². The van der Waals surface area contributed by atoms with Crippen LogP contribution in [0.3, 0.4) is 0 Å². The lowest BCUT2D eigenvalue weighted by atomic mass is 10.3. The first-order valence-electron chi connectivity index (χ1n) is 5.22. The summed E-state index contributed by atoms with van der Waals surface area (Å²) in [4.78, 5) is 11.5. The maximum absolute atomic E-state index is 11.5. The van der Waals surface area contributed by atoms with Crippen molar-refractivity contribution in [1.29, 1.82) is 0 Å². The summed E-state index contributed by atoms with van der Waals surface area (Å²) in [6.45, 7) is 3.77.